The molecule has 5 nitrogen and oxygen atoms in total. The molecule has 0 aromatic heterocycles. The Morgan fingerprint density at radius 3 is 2.79 bits per heavy atom. The highest BCUT2D eigenvalue weighted by molar-refractivity contribution is 7.92. The first-order chi connectivity index (χ1) is 11.4. The van der Waals surface area contributed by atoms with Gasteiger partial charge in [-0.25, -0.2) is 8.42 Å². The van der Waals surface area contributed by atoms with E-state index in [1.807, 2.05) is 25.1 Å². The molecule has 24 heavy (non-hydrogen) atoms. The van der Waals surface area contributed by atoms with Gasteiger partial charge in [0.2, 0.25) is 5.91 Å². The summed E-state index contributed by atoms with van der Waals surface area (Å²) in [6.07, 6.45) is 2.43. The van der Waals surface area contributed by atoms with Crippen LogP contribution in [0.4, 0.5) is 0 Å². The van der Waals surface area contributed by atoms with E-state index in [0.29, 0.717) is 31.1 Å². The zero-order valence-electron chi connectivity index (χ0n) is 14.0. The Bertz CT molecular complexity index is 664. The number of halogens is 1. The topological polar surface area (TPSA) is 66.5 Å². The summed E-state index contributed by atoms with van der Waals surface area (Å²) in [7, 11) is -3.36. The van der Waals surface area contributed by atoms with Gasteiger partial charge in [0.05, 0.1) is 11.8 Å². The SMILES string of the molecule is CCCCCS(=O)(=O)CC(=O)N1CCNCC1c1ccccc1Cl. The van der Waals surface area contributed by atoms with Gasteiger partial charge in [0.25, 0.3) is 0 Å². The van der Waals surface area contributed by atoms with Crippen molar-refractivity contribution < 1.29 is 13.2 Å². The summed E-state index contributed by atoms with van der Waals surface area (Å²) in [5.74, 6) is -0.675. The maximum absolute atomic E-state index is 12.6. The first-order valence-corrected chi connectivity index (χ1v) is 10.6. The van der Waals surface area contributed by atoms with Gasteiger partial charge in [-0.3, -0.25) is 4.79 Å². The highest BCUT2D eigenvalue weighted by Crippen LogP contribution is 2.28. The summed E-state index contributed by atoms with van der Waals surface area (Å²) >= 11 is 6.26. The molecule has 2 rings (SSSR count). The van der Waals surface area contributed by atoms with Crippen molar-refractivity contribution in [3.05, 3.63) is 34.9 Å². The van der Waals surface area contributed by atoms with Crippen molar-refractivity contribution in [3.8, 4) is 0 Å². The Hall–Kier alpha value is -1.11. The summed E-state index contributed by atoms with van der Waals surface area (Å²) in [5, 5.41) is 3.84. The van der Waals surface area contributed by atoms with Crippen LogP contribution in [0.2, 0.25) is 5.02 Å². The minimum Gasteiger partial charge on any atom is -0.332 e. The van der Waals surface area contributed by atoms with Gasteiger partial charge in [-0.1, -0.05) is 49.6 Å². The summed E-state index contributed by atoms with van der Waals surface area (Å²) in [5.41, 5.74) is 0.850. The molecule has 1 aliphatic rings. The van der Waals surface area contributed by atoms with Gasteiger partial charge in [0.1, 0.15) is 5.75 Å². The summed E-state index contributed by atoms with van der Waals surface area (Å²) < 4.78 is 24.4. The molecule has 0 saturated carbocycles. The van der Waals surface area contributed by atoms with E-state index in [1.165, 1.54) is 0 Å². The molecule has 1 saturated heterocycles. The van der Waals surface area contributed by atoms with Crippen LogP contribution in [-0.2, 0) is 14.6 Å². The van der Waals surface area contributed by atoms with Gasteiger partial charge < -0.3 is 10.2 Å². The minimum atomic E-state index is -3.36. The van der Waals surface area contributed by atoms with Crippen LogP contribution < -0.4 is 5.32 Å². The Morgan fingerprint density at radius 2 is 2.08 bits per heavy atom. The largest absolute Gasteiger partial charge is 0.332 e. The Morgan fingerprint density at radius 1 is 1.33 bits per heavy atom. The number of hydrogen-bond acceptors (Lipinski definition) is 4. The number of unbranched alkanes of at least 4 members (excludes halogenated alkanes) is 2. The van der Waals surface area contributed by atoms with Crippen LogP contribution in [0, 0.1) is 0 Å². The predicted molar refractivity (Wildman–Crippen MR) is 97.0 cm³/mol. The van der Waals surface area contributed by atoms with Crippen molar-refractivity contribution in [1.29, 1.82) is 0 Å². The van der Waals surface area contributed by atoms with E-state index in [1.54, 1.807) is 11.0 Å². The summed E-state index contributed by atoms with van der Waals surface area (Å²) in [6, 6.07) is 7.16. The number of amides is 1. The van der Waals surface area contributed by atoms with E-state index in [4.69, 9.17) is 11.6 Å². The summed E-state index contributed by atoms with van der Waals surface area (Å²) in [6.45, 7) is 3.74. The fourth-order valence-electron chi connectivity index (χ4n) is 2.94. The van der Waals surface area contributed by atoms with Gasteiger partial charge in [0.15, 0.2) is 9.84 Å². The number of nitrogens with one attached hydrogen (secondary N) is 1. The number of piperazine rings is 1. The van der Waals surface area contributed by atoms with Crippen LogP contribution in [0.3, 0.4) is 0 Å². The van der Waals surface area contributed by atoms with Gasteiger partial charge in [0, 0.05) is 24.7 Å². The van der Waals surface area contributed by atoms with Crippen LogP contribution >= 0.6 is 11.6 Å². The average molecular weight is 373 g/mol. The molecule has 0 radical (unpaired) electrons. The lowest BCUT2D eigenvalue weighted by atomic mass is 10.0. The van der Waals surface area contributed by atoms with Crippen LogP contribution in [0.1, 0.15) is 37.8 Å². The van der Waals surface area contributed by atoms with E-state index in [9.17, 15) is 13.2 Å². The quantitative estimate of drug-likeness (QED) is 0.746. The molecule has 1 fully saturated rings. The number of hydrogen-bond donors (Lipinski definition) is 1. The third-order valence-corrected chi connectivity index (χ3v) is 6.17. The smallest absolute Gasteiger partial charge is 0.238 e. The van der Waals surface area contributed by atoms with E-state index in [2.05, 4.69) is 5.32 Å². The van der Waals surface area contributed by atoms with Gasteiger partial charge >= 0.3 is 0 Å². The van der Waals surface area contributed by atoms with Gasteiger partial charge in [-0.05, 0) is 18.1 Å². The lowest BCUT2D eigenvalue weighted by Gasteiger charge is -2.37. The molecule has 1 aromatic carbocycles. The number of carbonyl (C=O) groups is 1. The van der Waals surface area contributed by atoms with Crippen molar-refractivity contribution in [2.24, 2.45) is 0 Å². The molecule has 0 spiro atoms. The van der Waals surface area contributed by atoms with E-state index in [0.717, 1.165) is 18.4 Å². The number of sulfone groups is 1. The van der Waals surface area contributed by atoms with E-state index in [-0.39, 0.29) is 17.7 Å². The molecule has 0 bridgehead atoms. The Balaban J connectivity index is 2.10. The second-order valence-corrected chi connectivity index (χ2v) is 8.72. The Kier molecular flexibility index (Phi) is 7.07. The third-order valence-electron chi connectivity index (χ3n) is 4.23. The van der Waals surface area contributed by atoms with Gasteiger partial charge in [-0.2, -0.15) is 0 Å². The molecular weight excluding hydrogens is 348 g/mol. The molecule has 0 aliphatic carbocycles. The Labute approximate surface area is 149 Å². The monoisotopic (exact) mass is 372 g/mol. The zero-order chi connectivity index (χ0) is 17.6. The molecule has 1 amide bonds. The maximum Gasteiger partial charge on any atom is 0.238 e. The number of benzene rings is 1. The zero-order valence-corrected chi connectivity index (χ0v) is 15.6. The molecule has 134 valence electrons. The minimum absolute atomic E-state index is 0.0788. The first-order valence-electron chi connectivity index (χ1n) is 8.39. The van der Waals surface area contributed by atoms with Crippen LogP contribution in [0.25, 0.3) is 0 Å². The number of carbonyl (C=O) groups excluding carboxylic acids is 1. The third kappa shape index (κ3) is 5.19. The van der Waals surface area contributed by atoms with Crippen LogP contribution in [0.15, 0.2) is 24.3 Å². The predicted octanol–water partition coefficient (Wildman–Crippen LogP) is 2.42. The standard InChI is InChI=1S/C17H25ClN2O3S/c1-2-3-6-11-24(22,23)13-17(21)20-10-9-19-12-16(20)14-7-4-5-8-15(14)18/h4-5,7-8,16,19H,2-3,6,9-13H2,1H3. The second kappa shape index (κ2) is 8.83. The molecular formula is C17H25ClN2O3S. The van der Waals surface area contributed by atoms with Crippen molar-refractivity contribution in [2.45, 2.75) is 32.2 Å². The fourth-order valence-corrected chi connectivity index (χ4v) is 4.53. The molecule has 1 heterocycles. The fraction of sp³-hybridized carbons (Fsp3) is 0.588. The normalized spacial score (nSPS) is 18.6. The van der Waals surface area contributed by atoms with Gasteiger partial charge in [-0.15, -0.1) is 0 Å². The second-order valence-electron chi connectivity index (χ2n) is 6.13. The molecule has 1 N–H and O–H groups in total. The van der Waals surface area contributed by atoms with Crippen LogP contribution in [-0.4, -0.2) is 50.4 Å². The number of nitrogens with zero attached hydrogens (tertiary/aromatic N) is 1. The molecule has 1 unspecified atom stereocenters. The van der Waals surface area contributed by atoms with Crippen molar-refractivity contribution in [2.75, 3.05) is 31.1 Å². The van der Waals surface area contributed by atoms with E-state index >= 15 is 0 Å². The first kappa shape index (κ1) is 19.2. The highest BCUT2D eigenvalue weighted by atomic mass is 35.5. The van der Waals surface area contributed by atoms with Crippen molar-refractivity contribution >= 4 is 27.3 Å². The van der Waals surface area contributed by atoms with Crippen molar-refractivity contribution in [3.63, 3.8) is 0 Å². The number of rotatable bonds is 7. The lowest BCUT2D eigenvalue weighted by Crippen LogP contribution is -2.50. The highest BCUT2D eigenvalue weighted by Gasteiger charge is 2.31. The molecule has 1 aliphatic heterocycles. The van der Waals surface area contributed by atoms with Crippen molar-refractivity contribution in [1.82, 2.24) is 10.2 Å². The average Bonchev–Trinajstić information content (AvgIpc) is 2.55. The molecule has 1 atom stereocenters. The molecule has 7 heteroatoms. The molecule has 1 aromatic rings. The lowest BCUT2D eigenvalue weighted by molar-refractivity contribution is -0.131. The van der Waals surface area contributed by atoms with Crippen LogP contribution in [0.5, 0.6) is 0 Å². The summed E-state index contributed by atoms with van der Waals surface area (Å²) in [4.78, 5) is 14.3. The maximum atomic E-state index is 12.6. The van der Waals surface area contributed by atoms with E-state index < -0.39 is 15.6 Å².